The van der Waals surface area contributed by atoms with Gasteiger partial charge in [-0.1, -0.05) is 63.8 Å². The van der Waals surface area contributed by atoms with Gasteiger partial charge in [-0.25, -0.2) is 0 Å². The van der Waals surface area contributed by atoms with Crippen LogP contribution in [0.1, 0.15) is 120 Å². The van der Waals surface area contributed by atoms with E-state index in [1.165, 1.54) is 88.2 Å². The first-order valence-electron chi connectivity index (χ1n) is 14.7. The highest BCUT2D eigenvalue weighted by molar-refractivity contribution is 5.30. The number of hydrogen-bond donors (Lipinski definition) is 0. The summed E-state index contributed by atoms with van der Waals surface area (Å²) in [6, 6.07) is 17.8. The van der Waals surface area contributed by atoms with E-state index >= 15 is 0 Å². The molecular weight excluding hydrogens is 428 g/mol. The van der Waals surface area contributed by atoms with Gasteiger partial charge in [0.05, 0.1) is 13.2 Å². The summed E-state index contributed by atoms with van der Waals surface area (Å²) in [5.74, 6) is 5.38. The van der Waals surface area contributed by atoms with Crippen LogP contribution in [-0.2, 0) is 0 Å². The molecule has 0 atom stereocenters. The van der Waals surface area contributed by atoms with Gasteiger partial charge < -0.3 is 9.47 Å². The second kappa shape index (κ2) is 14.0. The molecule has 2 fully saturated rings. The van der Waals surface area contributed by atoms with Gasteiger partial charge in [0.15, 0.2) is 0 Å². The van der Waals surface area contributed by atoms with Gasteiger partial charge in [-0.15, -0.1) is 0 Å². The second-order valence-corrected chi connectivity index (χ2v) is 11.2. The lowest BCUT2D eigenvalue weighted by Gasteiger charge is -2.28. The van der Waals surface area contributed by atoms with Crippen LogP contribution in [0.2, 0.25) is 0 Å². The standard InChI is InChI=1S/C33H48O2/c1-3-6-26-8-12-28(13-9-26)30-16-20-32(21-17-30)34-24-5-25-35-33-22-18-31(19-23-33)29-14-10-27(7-4-2)11-15-29/h16-23,26-29H,3-15,24-25H2,1-2H3. The Labute approximate surface area is 214 Å². The van der Waals surface area contributed by atoms with Crippen molar-refractivity contribution in [3.05, 3.63) is 59.7 Å². The Morgan fingerprint density at radius 1 is 0.543 bits per heavy atom. The second-order valence-electron chi connectivity index (χ2n) is 11.2. The Morgan fingerprint density at radius 2 is 0.914 bits per heavy atom. The van der Waals surface area contributed by atoms with Gasteiger partial charge in [0, 0.05) is 6.42 Å². The van der Waals surface area contributed by atoms with E-state index in [0.717, 1.165) is 41.6 Å². The summed E-state index contributed by atoms with van der Waals surface area (Å²) in [6.07, 6.45) is 17.4. The number of rotatable bonds is 12. The third kappa shape index (κ3) is 8.02. The lowest BCUT2D eigenvalue weighted by molar-refractivity contribution is 0.247. The summed E-state index contributed by atoms with van der Waals surface area (Å²) < 4.78 is 12.0. The van der Waals surface area contributed by atoms with Crippen LogP contribution >= 0.6 is 0 Å². The van der Waals surface area contributed by atoms with E-state index in [0.29, 0.717) is 13.2 Å². The molecular formula is C33H48O2. The molecule has 2 aromatic carbocycles. The molecule has 0 bridgehead atoms. The minimum atomic E-state index is 0.695. The van der Waals surface area contributed by atoms with Crippen LogP contribution in [0.15, 0.2) is 48.5 Å². The maximum absolute atomic E-state index is 5.98. The maximum atomic E-state index is 5.98. The molecule has 0 heterocycles. The van der Waals surface area contributed by atoms with Gasteiger partial charge in [0.1, 0.15) is 11.5 Å². The monoisotopic (exact) mass is 476 g/mol. The van der Waals surface area contributed by atoms with Crippen molar-refractivity contribution < 1.29 is 9.47 Å². The normalized spacial score (nSPS) is 24.7. The fourth-order valence-electron chi connectivity index (χ4n) is 6.50. The first-order valence-corrected chi connectivity index (χ1v) is 14.7. The lowest BCUT2D eigenvalue weighted by atomic mass is 9.77. The molecule has 0 unspecified atom stereocenters. The minimum absolute atomic E-state index is 0.695. The molecule has 2 heteroatoms. The first kappa shape index (κ1) is 26.1. The average molecular weight is 477 g/mol. The van der Waals surface area contributed by atoms with Crippen molar-refractivity contribution in [3.63, 3.8) is 0 Å². The highest BCUT2D eigenvalue weighted by Gasteiger charge is 2.22. The first-order chi connectivity index (χ1) is 17.2. The van der Waals surface area contributed by atoms with Gasteiger partial charge in [-0.3, -0.25) is 0 Å². The summed E-state index contributed by atoms with van der Waals surface area (Å²) in [6.45, 7) is 6.02. The van der Waals surface area contributed by atoms with Crippen molar-refractivity contribution in [1.82, 2.24) is 0 Å². The SMILES string of the molecule is CCCC1CCC(c2ccc(OCCCOc3ccc(C4CCC(CCC)CC4)cc3)cc2)CC1. The number of hydrogen-bond acceptors (Lipinski definition) is 2. The number of ether oxygens (including phenoxy) is 2. The Kier molecular flexibility index (Phi) is 10.4. The summed E-state index contributed by atoms with van der Waals surface area (Å²) >= 11 is 0. The van der Waals surface area contributed by atoms with Crippen LogP contribution in [-0.4, -0.2) is 13.2 Å². The van der Waals surface area contributed by atoms with Crippen LogP contribution in [0.3, 0.4) is 0 Å². The van der Waals surface area contributed by atoms with E-state index in [4.69, 9.17) is 9.47 Å². The van der Waals surface area contributed by atoms with Crippen LogP contribution in [0.25, 0.3) is 0 Å². The van der Waals surface area contributed by atoms with E-state index in [1.807, 2.05) is 0 Å². The molecule has 2 aliphatic rings. The Balaban J connectivity index is 1.11. The van der Waals surface area contributed by atoms with Gasteiger partial charge in [0.25, 0.3) is 0 Å². The minimum Gasteiger partial charge on any atom is -0.493 e. The van der Waals surface area contributed by atoms with Crippen LogP contribution in [0.4, 0.5) is 0 Å². The van der Waals surface area contributed by atoms with E-state index in [1.54, 1.807) is 0 Å². The van der Waals surface area contributed by atoms with Gasteiger partial charge in [-0.2, -0.15) is 0 Å². The van der Waals surface area contributed by atoms with Crippen molar-refractivity contribution in [2.75, 3.05) is 13.2 Å². The summed E-state index contributed by atoms with van der Waals surface area (Å²) in [7, 11) is 0. The Bertz CT molecular complexity index is 753. The highest BCUT2D eigenvalue weighted by atomic mass is 16.5. The third-order valence-electron chi connectivity index (χ3n) is 8.62. The zero-order chi connectivity index (χ0) is 24.3. The molecule has 35 heavy (non-hydrogen) atoms. The molecule has 4 rings (SSSR count). The molecule has 192 valence electrons. The van der Waals surface area contributed by atoms with E-state index in [2.05, 4.69) is 62.4 Å². The molecule has 2 aromatic rings. The topological polar surface area (TPSA) is 18.5 Å². The fraction of sp³-hybridized carbons (Fsp3) is 0.636. The molecule has 2 nitrogen and oxygen atoms in total. The number of benzene rings is 2. The van der Waals surface area contributed by atoms with Crippen molar-refractivity contribution >= 4 is 0 Å². The summed E-state index contributed by atoms with van der Waals surface area (Å²) in [4.78, 5) is 0. The van der Waals surface area contributed by atoms with Gasteiger partial charge in [-0.05, 0) is 110 Å². The van der Waals surface area contributed by atoms with Crippen molar-refractivity contribution in [3.8, 4) is 11.5 Å². The lowest BCUT2D eigenvalue weighted by Crippen LogP contribution is -2.13. The van der Waals surface area contributed by atoms with E-state index in [9.17, 15) is 0 Å². The predicted molar refractivity (Wildman–Crippen MR) is 148 cm³/mol. The summed E-state index contributed by atoms with van der Waals surface area (Å²) in [5, 5.41) is 0. The van der Waals surface area contributed by atoms with E-state index in [-0.39, 0.29) is 0 Å². The van der Waals surface area contributed by atoms with Crippen molar-refractivity contribution in [2.45, 2.75) is 109 Å². The molecule has 2 aliphatic carbocycles. The zero-order valence-corrected chi connectivity index (χ0v) is 22.4. The van der Waals surface area contributed by atoms with Gasteiger partial charge >= 0.3 is 0 Å². The molecule has 0 aliphatic heterocycles. The molecule has 0 amide bonds. The van der Waals surface area contributed by atoms with Gasteiger partial charge in [0.2, 0.25) is 0 Å². The largest absolute Gasteiger partial charge is 0.493 e. The zero-order valence-electron chi connectivity index (χ0n) is 22.4. The van der Waals surface area contributed by atoms with Crippen molar-refractivity contribution in [2.24, 2.45) is 11.8 Å². The predicted octanol–water partition coefficient (Wildman–Crippen LogP) is 9.68. The Morgan fingerprint density at radius 3 is 1.26 bits per heavy atom. The van der Waals surface area contributed by atoms with Crippen LogP contribution in [0.5, 0.6) is 11.5 Å². The van der Waals surface area contributed by atoms with E-state index < -0.39 is 0 Å². The Hall–Kier alpha value is -1.96. The van der Waals surface area contributed by atoms with Crippen LogP contribution < -0.4 is 9.47 Å². The fourth-order valence-corrected chi connectivity index (χ4v) is 6.50. The average Bonchev–Trinajstić information content (AvgIpc) is 2.91. The molecule has 2 saturated carbocycles. The highest BCUT2D eigenvalue weighted by Crippen LogP contribution is 2.39. The molecule has 0 N–H and O–H groups in total. The smallest absolute Gasteiger partial charge is 0.119 e. The quantitative estimate of drug-likeness (QED) is 0.284. The molecule has 0 saturated heterocycles. The third-order valence-corrected chi connectivity index (χ3v) is 8.62. The van der Waals surface area contributed by atoms with Crippen LogP contribution in [0, 0.1) is 11.8 Å². The molecule has 0 radical (unpaired) electrons. The molecule has 0 aromatic heterocycles. The van der Waals surface area contributed by atoms with Crippen molar-refractivity contribution in [1.29, 1.82) is 0 Å². The maximum Gasteiger partial charge on any atom is 0.119 e. The summed E-state index contributed by atoms with van der Waals surface area (Å²) in [5.41, 5.74) is 2.99. The molecule has 0 spiro atoms.